The molecular weight excluding hydrogens is 352 g/mol. The molecule has 0 bridgehead atoms. The Bertz CT molecular complexity index is 720. The summed E-state index contributed by atoms with van der Waals surface area (Å²) in [5.74, 6) is 0.526. The quantitative estimate of drug-likeness (QED) is 0.334. The van der Waals surface area contributed by atoms with Crippen molar-refractivity contribution < 1.29 is 24.2 Å². The van der Waals surface area contributed by atoms with E-state index in [1.807, 2.05) is 23.5 Å². The van der Waals surface area contributed by atoms with E-state index < -0.39 is 5.97 Å². The molecule has 0 radical (unpaired) electrons. The summed E-state index contributed by atoms with van der Waals surface area (Å²) in [6.45, 7) is 1.86. The highest BCUT2D eigenvalue weighted by molar-refractivity contribution is 5.70. The normalized spacial score (nSPS) is 10.2. The molecule has 0 aliphatic carbocycles. The molecule has 2 aromatic carbocycles. The lowest BCUT2D eigenvalue weighted by atomic mass is 10.1. The van der Waals surface area contributed by atoms with Gasteiger partial charge < -0.3 is 19.9 Å². The summed E-state index contributed by atoms with van der Waals surface area (Å²) >= 11 is 0. The molecule has 0 aromatic heterocycles. The van der Waals surface area contributed by atoms with Crippen molar-refractivity contribution in [1.29, 1.82) is 0 Å². The molecular formula is C19H22N2O6. The number of hydrogen-bond acceptors (Lipinski definition) is 8. The van der Waals surface area contributed by atoms with Gasteiger partial charge in [0.2, 0.25) is 0 Å². The van der Waals surface area contributed by atoms with E-state index in [4.69, 9.17) is 9.47 Å². The number of nitrogens with zero attached hydrogens (tertiary/aromatic N) is 1. The van der Waals surface area contributed by atoms with Crippen molar-refractivity contribution in [2.45, 2.75) is 12.8 Å². The fraction of sp³-hybridized carbons (Fsp3) is 0.316. The summed E-state index contributed by atoms with van der Waals surface area (Å²) in [5, 5.41) is 14.7. The smallest absolute Gasteiger partial charge is 0.375 e. The van der Waals surface area contributed by atoms with Gasteiger partial charge in [-0.15, -0.1) is 4.91 Å². The highest BCUT2D eigenvalue weighted by Gasteiger charge is 2.04. The van der Waals surface area contributed by atoms with E-state index in [1.54, 1.807) is 30.3 Å². The summed E-state index contributed by atoms with van der Waals surface area (Å²) in [6, 6.07) is 14.1. The molecule has 0 heterocycles. The van der Waals surface area contributed by atoms with Crippen LogP contribution in [0.2, 0.25) is 0 Å². The van der Waals surface area contributed by atoms with Crippen molar-refractivity contribution >= 4 is 5.97 Å². The third kappa shape index (κ3) is 8.19. The van der Waals surface area contributed by atoms with Crippen LogP contribution in [0.15, 0.2) is 53.9 Å². The fourth-order valence-corrected chi connectivity index (χ4v) is 2.28. The van der Waals surface area contributed by atoms with Crippen LogP contribution in [0.4, 0.5) is 0 Å². The number of nitrogens with one attached hydrogen (secondary N) is 1. The van der Waals surface area contributed by atoms with Gasteiger partial charge in [-0.05, 0) is 55.8 Å². The van der Waals surface area contributed by atoms with E-state index in [0.29, 0.717) is 18.1 Å². The molecule has 0 unspecified atom stereocenters. The zero-order valence-corrected chi connectivity index (χ0v) is 14.8. The molecule has 0 aliphatic heterocycles. The second-order valence-corrected chi connectivity index (χ2v) is 5.67. The van der Waals surface area contributed by atoms with E-state index >= 15 is 0 Å². The number of aromatic hydroxyl groups is 1. The van der Waals surface area contributed by atoms with Crippen molar-refractivity contribution in [1.82, 2.24) is 5.32 Å². The van der Waals surface area contributed by atoms with Gasteiger partial charge in [-0.2, -0.15) is 0 Å². The lowest BCUT2D eigenvalue weighted by Gasteiger charge is -2.08. The van der Waals surface area contributed by atoms with Crippen LogP contribution >= 0.6 is 0 Å². The van der Waals surface area contributed by atoms with Crippen LogP contribution in [-0.4, -0.2) is 37.4 Å². The first-order chi connectivity index (χ1) is 13.2. The van der Waals surface area contributed by atoms with Gasteiger partial charge in [-0.3, -0.25) is 4.84 Å². The van der Waals surface area contributed by atoms with Crippen molar-refractivity contribution in [2.75, 3.05) is 26.3 Å². The molecule has 144 valence electrons. The summed E-state index contributed by atoms with van der Waals surface area (Å²) in [5.41, 5.74) is 1.13. The molecule has 0 amide bonds. The topological polar surface area (TPSA) is 106 Å². The summed E-state index contributed by atoms with van der Waals surface area (Å²) in [7, 11) is 0. The lowest BCUT2D eigenvalue weighted by molar-refractivity contribution is -0.146. The maximum Gasteiger partial charge on any atom is 0.375 e. The number of rotatable bonds is 12. The third-order valence-electron chi connectivity index (χ3n) is 3.59. The number of carbonyl (C=O) groups is 1. The predicted octanol–water partition coefficient (Wildman–Crippen LogP) is 2.60. The van der Waals surface area contributed by atoms with Gasteiger partial charge in [-0.25, -0.2) is 4.79 Å². The Labute approximate surface area is 157 Å². The molecule has 8 nitrogen and oxygen atoms in total. The minimum Gasteiger partial charge on any atom is -0.508 e. The van der Waals surface area contributed by atoms with Crippen LogP contribution in [0.1, 0.15) is 12.0 Å². The van der Waals surface area contributed by atoms with Crippen molar-refractivity contribution in [2.24, 2.45) is 5.34 Å². The first-order valence-corrected chi connectivity index (χ1v) is 8.54. The zero-order chi connectivity index (χ0) is 19.3. The highest BCUT2D eigenvalue weighted by atomic mass is 16.8. The number of phenols is 1. The van der Waals surface area contributed by atoms with Crippen molar-refractivity contribution in [3.63, 3.8) is 0 Å². The van der Waals surface area contributed by atoms with Gasteiger partial charge in [0.1, 0.15) is 17.2 Å². The SMILES string of the molecule is O=NOC(=O)COc1ccc(CCNCCCOc2cccc(O)c2)cc1. The van der Waals surface area contributed by atoms with Gasteiger partial charge in [0.05, 0.1) is 6.61 Å². The van der Waals surface area contributed by atoms with Crippen molar-refractivity contribution in [3.05, 3.63) is 59.0 Å². The van der Waals surface area contributed by atoms with Gasteiger partial charge in [0.25, 0.3) is 0 Å². The Morgan fingerprint density at radius 2 is 1.85 bits per heavy atom. The summed E-state index contributed by atoms with van der Waals surface area (Å²) in [4.78, 5) is 24.6. The van der Waals surface area contributed by atoms with E-state index in [2.05, 4.69) is 10.2 Å². The molecule has 27 heavy (non-hydrogen) atoms. The van der Waals surface area contributed by atoms with Crippen LogP contribution in [0.25, 0.3) is 0 Å². The Morgan fingerprint density at radius 3 is 2.59 bits per heavy atom. The molecule has 0 aliphatic rings. The Morgan fingerprint density at radius 1 is 1.04 bits per heavy atom. The fourth-order valence-electron chi connectivity index (χ4n) is 2.28. The van der Waals surface area contributed by atoms with E-state index in [9.17, 15) is 14.8 Å². The van der Waals surface area contributed by atoms with E-state index in [-0.39, 0.29) is 12.4 Å². The minimum atomic E-state index is -0.841. The van der Waals surface area contributed by atoms with Crippen molar-refractivity contribution in [3.8, 4) is 17.2 Å². The number of ether oxygens (including phenoxy) is 2. The summed E-state index contributed by atoms with van der Waals surface area (Å²) in [6.07, 6.45) is 1.71. The first-order valence-electron chi connectivity index (χ1n) is 8.54. The van der Waals surface area contributed by atoms with Crippen LogP contribution in [-0.2, 0) is 16.1 Å². The molecule has 0 saturated carbocycles. The average molecular weight is 374 g/mol. The molecule has 2 rings (SSSR count). The highest BCUT2D eigenvalue weighted by Crippen LogP contribution is 2.17. The Hall–Kier alpha value is -3.13. The first kappa shape index (κ1) is 20.2. The van der Waals surface area contributed by atoms with Crippen LogP contribution in [0, 0.1) is 4.91 Å². The molecule has 0 atom stereocenters. The molecule has 2 N–H and O–H groups in total. The number of phenolic OH excluding ortho intramolecular Hbond substituents is 1. The van der Waals surface area contributed by atoms with E-state index in [1.165, 1.54) is 0 Å². The molecule has 0 fully saturated rings. The Balaban J connectivity index is 1.55. The second-order valence-electron chi connectivity index (χ2n) is 5.67. The molecule has 2 aromatic rings. The van der Waals surface area contributed by atoms with Gasteiger partial charge in [0, 0.05) is 6.07 Å². The standard InChI is InChI=1S/C19H22N2O6/c22-16-3-1-4-18(13-16)25-12-2-10-20-11-9-15-5-7-17(8-6-15)26-14-19(23)27-21-24/h1,3-8,13,20,22H,2,9-12,14H2. The maximum atomic E-state index is 11.0. The largest absolute Gasteiger partial charge is 0.508 e. The predicted molar refractivity (Wildman–Crippen MR) is 98.6 cm³/mol. The van der Waals surface area contributed by atoms with Gasteiger partial charge >= 0.3 is 5.97 Å². The number of hydrogen-bond donors (Lipinski definition) is 2. The molecule has 0 saturated heterocycles. The number of benzene rings is 2. The Kier molecular flexibility index (Phi) is 8.58. The third-order valence-corrected chi connectivity index (χ3v) is 3.59. The number of carbonyl (C=O) groups excluding carboxylic acids is 1. The van der Waals surface area contributed by atoms with Crippen LogP contribution < -0.4 is 14.8 Å². The monoisotopic (exact) mass is 374 g/mol. The average Bonchev–Trinajstić information content (AvgIpc) is 2.67. The maximum absolute atomic E-state index is 11.0. The minimum absolute atomic E-state index is 0.194. The van der Waals surface area contributed by atoms with Gasteiger partial charge in [0.15, 0.2) is 11.9 Å². The molecule has 8 heteroatoms. The lowest BCUT2D eigenvalue weighted by Crippen LogP contribution is -2.20. The van der Waals surface area contributed by atoms with Gasteiger partial charge in [-0.1, -0.05) is 18.2 Å². The zero-order valence-electron chi connectivity index (χ0n) is 14.8. The van der Waals surface area contributed by atoms with Crippen LogP contribution in [0.3, 0.4) is 0 Å². The summed E-state index contributed by atoms with van der Waals surface area (Å²) < 4.78 is 10.7. The second kappa shape index (κ2) is 11.5. The van der Waals surface area contributed by atoms with E-state index in [0.717, 1.165) is 31.5 Å². The molecule has 0 spiro atoms. The van der Waals surface area contributed by atoms with Crippen LogP contribution in [0.5, 0.6) is 17.2 Å².